The van der Waals surface area contributed by atoms with Crippen molar-refractivity contribution < 1.29 is 29.3 Å². The Kier molecular flexibility index (Phi) is 20.2. The van der Waals surface area contributed by atoms with E-state index in [1.165, 1.54) is 57.8 Å². The average molecular weight is 457 g/mol. The quantitative estimate of drug-likeness (QED) is 0.127. The summed E-state index contributed by atoms with van der Waals surface area (Å²) >= 11 is 0. The molecule has 2 N–H and O–H groups in total. The summed E-state index contributed by atoms with van der Waals surface area (Å²) in [5.41, 5.74) is 0. The molecule has 0 aliphatic rings. The zero-order valence-electron chi connectivity index (χ0n) is 20.6. The molecule has 2 atom stereocenters. The first-order valence-corrected chi connectivity index (χ1v) is 13.0. The fourth-order valence-electron chi connectivity index (χ4n) is 4.02. The van der Waals surface area contributed by atoms with E-state index in [0.717, 1.165) is 25.7 Å². The van der Waals surface area contributed by atoms with Crippen LogP contribution in [-0.2, 0) is 19.1 Å². The summed E-state index contributed by atoms with van der Waals surface area (Å²) in [4.78, 5) is 34.2. The van der Waals surface area contributed by atoms with Gasteiger partial charge in [-0.3, -0.25) is 14.4 Å². The predicted molar refractivity (Wildman–Crippen MR) is 128 cm³/mol. The summed E-state index contributed by atoms with van der Waals surface area (Å²) in [6.45, 7) is 4.71. The number of rotatable bonds is 23. The maximum absolute atomic E-state index is 12.3. The normalized spacial score (nSPS) is 12.9. The molecule has 0 aromatic heterocycles. The van der Waals surface area contributed by atoms with Gasteiger partial charge in [0, 0.05) is 6.42 Å². The Hall–Kier alpha value is -1.59. The van der Waals surface area contributed by atoms with E-state index in [1.807, 2.05) is 6.92 Å². The first kappa shape index (κ1) is 30.4. The molecule has 0 aromatic carbocycles. The molecule has 0 saturated heterocycles. The number of carbonyl (C=O) groups is 3. The number of aliphatic carboxylic acids is 2. The lowest BCUT2D eigenvalue weighted by Gasteiger charge is -2.15. The molecule has 0 rings (SSSR count). The zero-order valence-corrected chi connectivity index (χ0v) is 20.6. The Morgan fingerprint density at radius 3 is 1.62 bits per heavy atom. The van der Waals surface area contributed by atoms with Crippen LogP contribution in [0.15, 0.2) is 0 Å². The van der Waals surface area contributed by atoms with E-state index in [-0.39, 0.29) is 24.7 Å². The van der Waals surface area contributed by atoms with E-state index in [9.17, 15) is 19.5 Å². The number of hydrogen-bond acceptors (Lipinski definition) is 4. The molecule has 0 aromatic rings. The van der Waals surface area contributed by atoms with Crippen molar-refractivity contribution in [1.29, 1.82) is 0 Å². The van der Waals surface area contributed by atoms with Crippen molar-refractivity contribution in [2.24, 2.45) is 11.8 Å². The van der Waals surface area contributed by atoms with Crippen LogP contribution in [0.3, 0.4) is 0 Å². The summed E-state index contributed by atoms with van der Waals surface area (Å²) in [7, 11) is 0. The van der Waals surface area contributed by atoms with Gasteiger partial charge in [0.05, 0.1) is 18.4 Å². The molecular weight excluding hydrogens is 408 g/mol. The molecule has 0 bridgehead atoms. The van der Waals surface area contributed by atoms with Crippen LogP contribution < -0.4 is 0 Å². The molecule has 6 heteroatoms. The molecule has 32 heavy (non-hydrogen) atoms. The Balaban J connectivity index is 3.77. The highest BCUT2D eigenvalue weighted by molar-refractivity contribution is 5.72. The van der Waals surface area contributed by atoms with Crippen LogP contribution in [0.25, 0.3) is 0 Å². The molecule has 6 nitrogen and oxygen atoms in total. The molecule has 0 saturated carbocycles. The van der Waals surface area contributed by atoms with Crippen LogP contribution in [0, 0.1) is 11.8 Å². The Bertz CT molecular complexity index is 491. The lowest BCUT2D eigenvalue weighted by atomic mass is 9.93. The van der Waals surface area contributed by atoms with E-state index in [1.54, 1.807) is 0 Å². The van der Waals surface area contributed by atoms with Gasteiger partial charge in [-0.15, -0.1) is 0 Å². The van der Waals surface area contributed by atoms with Gasteiger partial charge in [-0.25, -0.2) is 0 Å². The molecule has 0 heterocycles. The van der Waals surface area contributed by atoms with Gasteiger partial charge >= 0.3 is 17.9 Å². The molecule has 0 amide bonds. The van der Waals surface area contributed by atoms with Gasteiger partial charge in [-0.1, -0.05) is 90.9 Å². The summed E-state index contributed by atoms with van der Waals surface area (Å²) in [6, 6.07) is 0. The first-order chi connectivity index (χ1) is 15.4. The number of esters is 1. The molecular formula is C26H48O6. The van der Waals surface area contributed by atoms with Crippen LogP contribution in [0.5, 0.6) is 0 Å². The van der Waals surface area contributed by atoms with Crippen molar-refractivity contribution in [2.75, 3.05) is 6.61 Å². The smallest absolute Gasteiger partial charge is 0.308 e. The van der Waals surface area contributed by atoms with E-state index in [4.69, 9.17) is 9.84 Å². The SMILES string of the molecule is CCCCCCCCCCCCCOC(=O)C(CC)CCCCC(CCC(=O)O)C(=O)O. The summed E-state index contributed by atoms with van der Waals surface area (Å²) in [6.07, 6.45) is 17.2. The second-order valence-corrected chi connectivity index (χ2v) is 9.06. The van der Waals surface area contributed by atoms with Crippen molar-refractivity contribution in [2.45, 2.75) is 129 Å². The third-order valence-corrected chi connectivity index (χ3v) is 6.23. The number of carboxylic acid groups (broad SMARTS) is 2. The number of carboxylic acids is 2. The summed E-state index contributed by atoms with van der Waals surface area (Å²) in [5.74, 6) is -2.81. The third kappa shape index (κ3) is 18.0. The van der Waals surface area contributed by atoms with E-state index >= 15 is 0 Å². The van der Waals surface area contributed by atoms with Gasteiger partial charge in [-0.2, -0.15) is 0 Å². The molecule has 0 aliphatic carbocycles. The predicted octanol–water partition coefficient (Wildman–Crippen LogP) is 6.99. The van der Waals surface area contributed by atoms with Crippen molar-refractivity contribution in [1.82, 2.24) is 0 Å². The van der Waals surface area contributed by atoms with Crippen molar-refractivity contribution >= 4 is 17.9 Å². The molecule has 188 valence electrons. The lowest BCUT2D eigenvalue weighted by molar-refractivity contribution is -0.149. The Labute approximate surface area is 195 Å². The molecule has 0 aliphatic heterocycles. The molecule has 2 unspecified atom stereocenters. The molecule has 0 fully saturated rings. The maximum Gasteiger partial charge on any atom is 0.308 e. The zero-order chi connectivity index (χ0) is 24.0. The minimum atomic E-state index is -0.970. The summed E-state index contributed by atoms with van der Waals surface area (Å²) < 4.78 is 5.46. The minimum Gasteiger partial charge on any atom is -0.481 e. The Morgan fingerprint density at radius 2 is 1.16 bits per heavy atom. The fraction of sp³-hybridized carbons (Fsp3) is 0.885. The minimum absolute atomic E-state index is 0.125. The van der Waals surface area contributed by atoms with Gasteiger partial charge in [0.15, 0.2) is 0 Å². The highest BCUT2D eigenvalue weighted by atomic mass is 16.5. The van der Waals surface area contributed by atoms with E-state index in [2.05, 4.69) is 6.92 Å². The van der Waals surface area contributed by atoms with Crippen LogP contribution in [0.1, 0.15) is 129 Å². The first-order valence-electron chi connectivity index (χ1n) is 13.0. The molecule has 0 radical (unpaired) electrons. The number of unbranched alkanes of at least 4 members (excludes halogenated alkanes) is 11. The average Bonchev–Trinajstić information content (AvgIpc) is 2.75. The van der Waals surface area contributed by atoms with E-state index in [0.29, 0.717) is 25.9 Å². The van der Waals surface area contributed by atoms with Gasteiger partial charge in [0.2, 0.25) is 0 Å². The van der Waals surface area contributed by atoms with Crippen LogP contribution in [0.4, 0.5) is 0 Å². The maximum atomic E-state index is 12.3. The van der Waals surface area contributed by atoms with Crippen LogP contribution in [0.2, 0.25) is 0 Å². The van der Waals surface area contributed by atoms with E-state index < -0.39 is 17.9 Å². The summed E-state index contributed by atoms with van der Waals surface area (Å²) in [5, 5.41) is 17.9. The van der Waals surface area contributed by atoms with Crippen LogP contribution >= 0.6 is 0 Å². The fourth-order valence-corrected chi connectivity index (χ4v) is 4.02. The van der Waals surface area contributed by atoms with Gasteiger partial charge in [0.1, 0.15) is 0 Å². The van der Waals surface area contributed by atoms with Gasteiger partial charge in [-0.05, 0) is 32.1 Å². The second kappa shape index (κ2) is 21.3. The number of carbonyl (C=O) groups excluding carboxylic acids is 1. The topological polar surface area (TPSA) is 101 Å². The highest BCUT2D eigenvalue weighted by Gasteiger charge is 2.20. The van der Waals surface area contributed by atoms with Crippen molar-refractivity contribution in [3.8, 4) is 0 Å². The third-order valence-electron chi connectivity index (χ3n) is 6.23. The largest absolute Gasteiger partial charge is 0.481 e. The van der Waals surface area contributed by atoms with Crippen molar-refractivity contribution in [3.05, 3.63) is 0 Å². The van der Waals surface area contributed by atoms with Crippen LogP contribution in [-0.4, -0.2) is 34.7 Å². The standard InChI is InChI=1S/C26H48O6/c1-3-5-6-7-8-9-10-11-12-13-16-21-32-26(31)22(4-2)17-14-15-18-23(25(29)30)19-20-24(27)28/h22-23H,3-21H2,1-2H3,(H,27,28)(H,29,30). The number of hydrogen-bond donors (Lipinski definition) is 2. The monoisotopic (exact) mass is 456 g/mol. The second-order valence-electron chi connectivity index (χ2n) is 9.06. The van der Waals surface area contributed by atoms with Crippen molar-refractivity contribution in [3.63, 3.8) is 0 Å². The highest BCUT2D eigenvalue weighted by Crippen LogP contribution is 2.20. The lowest BCUT2D eigenvalue weighted by Crippen LogP contribution is -2.18. The van der Waals surface area contributed by atoms with Gasteiger partial charge < -0.3 is 14.9 Å². The number of ether oxygens (including phenoxy) is 1. The molecule has 0 spiro atoms. The Morgan fingerprint density at radius 1 is 0.656 bits per heavy atom. The van der Waals surface area contributed by atoms with Gasteiger partial charge in [0.25, 0.3) is 0 Å².